The van der Waals surface area contributed by atoms with Gasteiger partial charge >= 0.3 is 11.9 Å². The Kier molecular flexibility index (Phi) is 10.0. The van der Waals surface area contributed by atoms with E-state index in [0.717, 1.165) is 44.2 Å². The number of carbonyl (C=O) groups excluding carboxylic acids is 2. The van der Waals surface area contributed by atoms with Crippen molar-refractivity contribution in [2.24, 2.45) is 11.8 Å². The Bertz CT molecular complexity index is 1180. The Morgan fingerprint density at radius 1 is 0.605 bits per heavy atom. The summed E-state index contributed by atoms with van der Waals surface area (Å²) in [6, 6.07) is 12.3. The lowest BCUT2D eigenvalue weighted by Gasteiger charge is -2.21. The van der Waals surface area contributed by atoms with Crippen LogP contribution in [0.4, 0.5) is 0 Å². The van der Waals surface area contributed by atoms with Gasteiger partial charge in [0.1, 0.15) is 36.9 Å². The van der Waals surface area contributed by atoms with E-state index in [1.165, 1.54) is 0 Å². The molecular weight excluding hydrogens is 480 g/mol. The zero-order valence-electron chi connectivity index (χ0n) is 24.1. The lowest BCUT2D eigenvalue weighted by molar-refractivity contribution is -0.151. The van der Waals surface area contributed by atoms with E-state index in [1.54, 1.807) is 0 Å². The van der Waals surface area contributed by atoms with Crippen molar-refractivity contribution in [3.8, 4) is 11.5 Å². The topological polar surface area (TPSA) is 71.1 Å². The summed E-state index contributed by atoms with van der Waals surface area (Å²) in [6.07, 6.45) is -0.0181. The molecule has 2 atom stereocenters. The fraction of sp³-hybridized carbons (Fsp3) is 0.500. The molecule has 0 saturated carbocycles. The van der Waals surface area contributed by atoms with Crippen molar-refractivity contribution in [2.75, 3.05) is 13.2 Å². The first-order valence-electron chi connectivity index (χ1n) is 13.6. The van der Waals surface area contributed by atoms with Crippen LogP contribution in [0.15, 0.2) is 36.4 Å². The van der Waals surface area contributed by atoms with Crippen LogP contribution in [0.2, 0.25) is 0 Å². The zero-order chi connectivity index (χ0) is 28.0. The molecule has 3 rings (SSSR count). The van der Waals surface area contributed by atoms with Crippen LogP contribution in [0.5, 0.6) is 11.5 Å². The van der Waals surface area contributed by atoms with Crippen molar-refractivity contribution in [1.29, 1.82) is 0 Å². The minimum atomic E-state index is -0.390. The van der Waals surface area contributed by atoms with Gasteiger partial charge in [-0.05, 0) is 51.7 Å². The molecule has 3 aromatic carbocycles. The van der Waals surface area contributed by atoms with Gasteiger partial charge in [-0.3, -0.25) is 9.59 Å². The molecule has 0 spiro atoms. The Hall–Kier alpha value is -3.28. The molecule has 0 aliphatic heterocycles. The van der Waals surface area contributed by atoms with Crippen molar-refractivity contribution in [1.82, 2.24) is 0 Å². The van der Waals surface area contributed by atoms with Gasteiger partial charge in [0.05, 0.1) is 0 Å². The van der Waals surface area contributed by atoms with Crippen LogP contribution in [0.25, 0.3) is 21.5 Å². The summed E-state index contributed by atoms with van der Waals surface area (Å²) in [4.78, 5) is 24.3. The van der Waals surface area contributed by atoms with Crippen LogP contribution in [0.1, 0.15) is 65.5 Å². The normalized spacial score (nSPS) is 13.1. The minimum absolute atomic E-state index is 0.218. The molecule has 2 unspecified atom stereocenters. The smallest absolute Gasteiger partial charge is 0.306 e. The number of esters is 2. The number of carbonyl (C=O) groups is 2. The third-order valence-electron chi connectivity index (χ3n) is 6.07. The molecule has 0 heterocycles. The average molecular weight is 523 g/mol. The molecule has 0 aliphatic carbocycles. The first-order valence-corrected chi connectivity index (χ1v) is 13.6. The minimum Gasteiger partial charge on any atom is -0.488 e. The predicted octanol–water partition coefficient (Wildman–Crippen LogP) is 7.32. The van der Waals surface area contributed by atoms with Gasteiger partial charge in [-0.15, -0.1) is 0 Å². The monoisotopic (exact) mass is 522 g/mol. The molecule has 0 fully saturated rings. The Labute approximate surface area is 226 Å². The van der Waals surface area contributed by atoms with E-state index in [0.29, 0.717) is 12.8 Å². The second-order valence-corrected chi connectivity index (χ2v) is 11.2. The summed E-state index contributed by atoms with van der Waals surface area (Å²) in [7, 11) is 0. The van der Waals surface area contributed by atoms with Crippen LogP contribution in [0.3, 0.4) is 0 Å². The lowest BCUT2D eigenvalue weighted by Crippen LogP contribution is -2.23. The molecule has 38 heavy (non-hydrogen) atoms. The van der Waals surface area contributed by atoms with Gasteiger partial charge in [-0.1, -0.05) is 63.1 Å². The van der Waals surface area contributed by atoms with E-state index in [9.17, 15) is 9.59 Å². The van der Waals surface area contributed by atoms with Gasteiger partial charge in [0.25, 0.3) is 0 Å². The molecule has 0 amide bonds. The van der Waals surface area contributed by atoms with Gasteiger partial charge in [0, 0.05) is 34.4 Å². The average Bonchev–Trinajstić information content (AvgIpc) is 2.80. The molecule has 3 aromatic rings. The third-order valence-corrected chi connectivity index (χ3v) is 6.07. The molecule has 0 saturated heterocycles. The van der Waals surface area contributed by atoms with E-state index in [-0.39, 0.29) is 49.2 Å². The standard InChI is InChI=1S/C32H42O6/c1-19(2)13-29(33)37-23(7)17-35-31-25-11-9-22(6)16-28(25)32(26-12-10-21(5)15-27(26)31)36-18-24(8)38-30(34)14-20(3)4/h9-12,15-16,19-20,23-24H,13-14,17-18H2,1-8H3. The Balaban J connectivity index is 1.94. The van der Waals surface area contributed by atoms with Gasteiger partial charge in [-0.2, -0.15) is 0 Å². The summed E-state index contributed by atoms with van der Waals surface area (Å²) in [5.41, 5.74) is 2.18. The van der Waals surface area contributed by atoms with Crippen molar-refractivity contribution < 1.29 is 28.5 Å². The van der Waals surface area contributed by atoms with Crippen molar-refractivity contribution >= 4 is 33.5 Å². The van der Waals surface area contributed by atoms with Gasteiger partial charge in [0.2, 0.25) is 0 Å². The largest absolute Gasteiger partial charge is 0.488 e. The van der Waals surface area contributed by atoms with Crippen molar-refractivity contribution in [2.45, 2.75) is 80.4 Å². The highest BCUT2D eigenvalue weighted by Gasteiger charge is 2.20. The molecule has 206 valence electrons. The number of hydrogen-bond acceptors (Lipinski definition) is 6. The van der Waals surface area contributed by atoms with Crippen LogP contribution in [0, 0.1) is 25.7 Å². The highest BCUT2D eigenvalue weighted by atomic mass is 16.6. The first-order chi connectivity index (χ1) is 17.9. The molecule has 0 aliphatic rings. The summed E-state index contributed by atoms with van der Waals surface area (Å²) >= 11 is 0. The van der Waals surface area contributed by atoms with Crippen molar-refractivity contribution in [3.63, 3.8) is 0 Å². The second kappa shape index (κ2) is 13.0. The highest BCUT2D eigenvalue weighted by Crippen LogP contribution is 2.43. The van der Waals surface area contributed by atoms with E-state index < -0.39 is 0 Å². The maximum Gasteiger partial charge on any atom is 0.306 e. The molecular formula is C32H42O6. The van der Waals surface area contributed by atoms with Gasteiger partial charge in [0.15, 0.2) is 0 Å². The fourth-order valence-corrected chi connectivity index (χ4v) is 4.37. The van der Waals surface area contributed by atoms with Crippen LogP contribution >= 0.6 is 0 Å². The van der Waals surface area contributed by atoms with E-state index in [1.807, 2.05) is 79.7 Å². The quantitative estimate of drug-likeness (QED) is 0.183. The molecule has 0 N–H and O–H groups in total. The summed E-state index contributed by atoms with van der Waals surface area (Å²) in [5.74, 6) is 1.50. The highest BCUT2D eigenvalue weighted by molar-refractivity contribution is 6.11. The number of aryl methyl sites for hydroxylation is 2. The maximum absolute atomic E-state index is 12.1. The number of fused-ring (bicyclic) bond motifs is 2. The SMILES string of the molecule is Cc1ccc2c(OCC(C)OC(=O)CC(C)C)c3cc(C)ccc3c(OCC(C)OC(=O)CC(C)C)c2c1. The fourth-order valence-electron chi connectivity index (χ4n) is 4.37. The van der Waals surface area contributed by atoms with E-state index in [4.69, 9.17) is 18.9 Å². The lowest BCUT2D eigenvalue weighted by atomic mass is 9.97. The third kappa shape index (κ3) is 7.86. The maximum atomic E-state index is 12.1. The number of benzene rings is 3. The van der Waals surface area contributed by atoms with E-state index in [2.05, 4.69) is 12.1 Å². The number of hydrogen-bond donors (Lipinski definition) is 0. The van der Waals surface area contributed by atoms with E-state index >= 15 is 0 Å². The molecule has 6 heteroatoms. The summed E-state index contributed by atoms with van der Waals surface area (Å²) < 4.78 is 23.9. The summed E-state index contributed by atoms with van der Waals surface area (Å²) in [5, 5.41) is 3.66. The molecule has 0 radical (unpaired) electrons. The molecule has 0 aromatic heterocycles. The van der Waals surface area contributed by atoms with Gasteiger partial charge < -0.3 is 18.9 Å². The zero-order valence-corrected chi connectivity index (χ0v) is 24.1. The molecule has 0 bridgehead atoms. The predicted molar refractivity (Wildman–Crippen MR) is 152 cm³/mol. The Morgan fingerprint density at radius 3 is 1.32 bits per heavy atom. The number of rotatable bonds is 12. The Morgan fingerprint density at radius 2 is 0.974 bits per heavy atom. The van der Waals surface area contributed by atoms with Crippen LogP contribution in [-0.4, -0.2) is 37.4 Å². The second-order valence-electron chi connectivity index (χ2n) is 11.2. The first kappa shape index (κ1) is 29.3. The van der Waals surface area contributed by atoms with Crippen LogP contribution < -0.4 is 9.47 Å². The molecule has 6 nitrogen and oxygen atoms in total. The number of ether oxygens (including phenoxy) is 4. The summed E-state index contributed by atoms with van der Waals surface area (Å²) in [6.45, 7) is 16.2. The van der Waals surface area contributed by atoms with Gasteiger partial charge in [-0.25, -0.2) is 0 Å². The van der Waals surface area contributed by atoms with Crippen LogP contribution in [-0.2, 0) is 19.1 Å². The van der Waals surface area contributed by atoms with Crippen molar-refractivity contribution in [3.05, 3.63) is 47.5 Å².